The van der Waals surface area contributed by atoms with Crippen molar-refractivity contribution in [1.82, 2.24) is 19.1 Å². The second-order valence-corrected chi connectivity index (χ2v) is 5.93. The van der Waals surface area contributed by atoms with Gasteiger partial charge in [-0.3, -0.25) is 9.36 Å². The predicted octanol–water partition coefficient (Wildman–Crippen LogP) is 2.48. The van der Waals surface area contributed by atoms with Crippen molar-refractivity contribution in [3.8, 4) is 0 Å². The van der Waals surface area contributed by atoms with E-state index >= 15 is 0 Å². The number of fused-ring (bicyclic) bond motifs is 1. The largest absolute Gasteiger partial charge is 0.333 e. The molecule has 104 valence electrons. The van der Waals surface area contributed by atoms with Crippen LogP contribution in [0.15, 0.2) is 35.0 Å². The van der Waals surface area contributed by atoms with Crippen LogP contribution in [0.1, 0.15) is 25.6 Å². The van der Waals surface area contributed by atoms with E-state index in [1.165, 1.54) is 11.3 Å². The fourth-order valence-corrected chi connectivity index (χ4v) is 3.06. The van der Waals surface area contributed by atoms with Gasteiger partial charge in [-0.25, -0.2) is 9.97 Å². The van der Waals surface area contributed by atoms with Gasteiger partial charge in [0, 0.05) is 31.4 Å². The van der Waals surface area contributed by atoms with Crippen LogP contribution in [0.4, 0.5) is 0 Å². The average Bonchev–Trinajstić information content (AvgIpc) is 3.06. The molecular formula is C14H16N4OS. The highest BCUT2D eigenvalue weighted by atomic mass is 32.1. The van der Waals surface area contributed by atoms with E-state index in [9.17, 15) is 4.79 Å². The normalized spacial score (nSPS) is 11.6. The fraction of sp³-hybridized carbons (Fsp3) is 0.357. The Kier molecular flexibility index (Phi) is 3.40. The molecule has 0 radical (unpaired) electrons. The zero-order chi connectivity index (χ0) is 14.1. The molecule has 5 nitrogen and oxygen atoms in total. The zero-order valence-electron chi connectivity index (χ0n) is 11.5. The van der Waals surface area contributed by atoms with Gasteiger partial charge in [-0.2, -0.15) is 0 Å². The zero-order valence-corrected chi connectivity index (χ0v) is 12.3. The van der Waals surface area contributed by atoms with Gasteiger partial charge >= 0.3 is 0 Å². The molecule has 0 bridgehead atoms. The molecule has 6 heteroatoms. The lowest BCUT2D eigenvalue weighted by Crippen LogP contribution is -2.22. The van der Waals surface area contributed by atoms with E-state index in [1.54, 1.807) is 17.1 Å². The summed E-state index contributed by atoms with van der Waals surface area (Å²) in [6.07, 6.45) is 5.39. The van der Waals surface area contributed by atoms with Crippen molar-refractivity contribution in [1.29, 1.82) is 0 Å². The van der Waals surface area contributed by atoms with Crippen LogP contribution in [0.3, 0.4) is 0 Å². The monoisotopic (exact) mass is 288 g/mol. The summed E-state index contributed by atoms with van der Waals surface area (Å²) in [5.41, 5.74) is 0.818. The Balaban J connectivity index is 1.85. The maximum atomic E-state index is 12.3. The number of hydrogen-bond donors (Lipinski definition) is 0. The Morgan fingerprint density at radius 2 is 2.05 bits per heavy atom. The Labute approximate surface area is 120 Å². The molecule has 3 aromatic heterocycles. The molecule has 0 aliphatic carbocycles. The number of imidazole rings is 1. The van der Waals surface area contributed by atoms with Crippen molar-refractivity contribution in [2.45, 2.75) is 32.9 Å². The molecule has 0 fully saturated rings. The van der Waals surface area contributed by atoms with Gasteiger partial charge in [0.25, 0.3) is 5.56 Å². The van der Waals surface area contributed by atoms with E-state index in [0.717, 1.165) is 22.6 Å². The van der Waals surface area contributed by atoms with Gasteiger partial charge in [-0.1, -0.05) is 13.8 Å². The van der Waals surface area contributed by atoms with Crippen LogP contribution >= 0.6 is 11.3 Å². The van der Waals surface area contributed by atoms with Crippen LogP contribution in [0.5, 0.6) is 0 Å². The second kappa shape index (κ2) is 5.20. The summed E-state index contributed by atoms with van der Waals surface area (Å²) in [7, 11) is 0. The van der Waals surface area contributed by atoms with E-state index < -0.39 is 0 Å². The first-order chi connectivity index (χ1) is 9.66. The van der Waals surface area contributed by atoms with E-state index in [4.69, 9.17) is 0 Å². The van der Waals surface area contributed by atoms with Crippen molar-refractivity contribution in [2.24, 2.45) is 0 Å². The number of nitrogens with zero attached hydrogens (tertiary/aromatic N) is 4. The SMILES string of the molecule is CC(C)c1nccn1CCn1cnc2ccsc2c1=O. The molecule has 0 unspecified atom stereocenters. The lowest BCUT2D eigenvalue weighted by molar-refractivity contribution is 0.534. The summed E-state index contributed by atoms with van der Waals surface area (Å²) >= 11 is 1.44. The minimum atomic E-state index is 0.0382. The molecular weight excluding hydrogens is 272 g/mol. The topological polar surface area (TPSA) is 52.7 Å². The number of aromatic nitrogens is 4. The Hall–Kier alpha value is -1.95. The molecule has 0 aliphatic heterocycles. The minimum absolute atomic E-state index is 0.0382. The minimum Gasteiger partial charge on any atom is -0.333 e. The van der Waals surface area contributed by atoms with E-state index in [0.29, 0.717) is 12.5 Å². The van der Waals surface area contributed by atoms with E-state index in [1.807, 2.05) is 17.6 Å². The van der Waals surface area contributed by atoms with Gasteiger partial charge in [-0.15, -0.1) is 11.3 Å². The van der Waals surface area contributed by atoms with Crippen LogP contribution in [0.25, 0.3) is 10.2 Å². The van der Waals surface area contributed by atoms with E-state index in [2.05, 4.69) is 28.4 Å². The molecule has 3 heterocycles. The van der Waals surface area contributed by atoms with Gasteiger partial charge < -0.3 is 4.57 Å². The molecule has 0 aliphatic rings. The summed E-state index contributed by atoms with van der Waals surface area (Å²) in [5.74, 6) is 1.42. The number of hydrogen-bond acceptors (Lipinski definition) is 4. The maximum absolute atomic E-state index is 12.3. The van der Waals surface area contributed by atoms with Crippen LogP contribution in [-0.2, 0) is 13.1 Å². The Bertz CT molecular complexity index is 784. The first-order valence-corrected chi connectivity index (χ1v) is 7.48. The molecule has 3 rings (SSSR count). The van der Waals surface area contributed by atoms with Gasteiger partial charge in [0.1, 0.15) is 10.5 Å². The molecule has 0 spiro atoms. The van der Waals surface area contributed by atoms with Crippen LogP contribution in [0, 0.1) is 0 Å². The Morgan fingerprint density at radius 1 is 1.25 bits per heavy atom. The van der Waals surface area contributed by atoms with Crippen LogP contribution in [-0.4, -0.2) is 19.1 Å². The van der Waals surface area contributed by atoms with Gasteiger partial charge in [0.2, 0.25) is 0 Å². The summed E-state index contributed by atoms with van der Waals surface area (Å²) in [4.78, 5) is 20.9. The van der Waals surface area contributed by atoms with Crippen LogP contribution < -0.4 is 5.56 Å². The molecule has 3 aromatic rings. The average molecular weight is 288 g/mol. The third-order valence-corrected chi connectivity index (χ3v) is 4.17. The summed E-state index contributed by atoms with van der Waals surface area (Å²) in [6, 6.07) is 1.87. The fourth-order valence-electron chi connectivity index (χ4n) is 2.26. The molecule has 0 saturated heterocycles. The molecule has 20 heavy (non-hydrogen) atoms. The molecule has 0 amide bonds. The van der Waals surface area contributed by atoms with Crippen LogP contribution in [0.2, 0.25) is 0 Å². The van der Waals surface area contributed by atoms with Crippen molar-refractivity contribution in [3.63, 3.8) is 0 Å². The summed E-state index contributed by atoms with van der Waals surface area (Å²) in [6.45, 7) is 5.57. The highest BCUT2D eigenvalue weighted by Gasteiger charge is 2.08. The standard InChI is InChI=1S/C14H16N4OS/c1-10(2)13-15-4-5-17(13)6-7-18-9-16-11-3-8-20-12(11)14(18)19/h3-5,8-10H,6-7H2,1-2H3. The lowest BCUT2D eigenvalue weighted by Gasteiger charge is -2.11. The highest BCUT2D eigenvalue weighted by Crippen LogP contribution is 2.14. The van der Waals surface area contributed by atoms with Crippen molar-refractivity contribution < 1.29 is 0 Å². The maximum Gasteiger partial charge on any atom is 0.271 e. The molecule has 0 aromatic carbocycles. The first-order valence-electron chi connectivity index (χ1n) is 6.60. The third-order valence-electron chi connectivity index (χ3n) is 3.28. The predicted molar refractivity (Wildman–Crippen MR) is 80.2 cm³/mol. The quantitative estimate of drug-likeness (QED) is 0.741. The lowest BCUT2D eigenvalue weighted by atomic mass is 10.2. The number of thiophene rings is 1. The Morgan fingerprint density at radius 3 is 2.85 bits per heavy atom. The van der Waals surface area contributed by atoms with Crippen molar-refractivity contribution in [3.05, 3.63) is 46.3 Å². The third kappa shape index (κ3) is 2.27. The van der Waals surface area contributed by atoms with E-state index in [-0.39, 0.29) is 5.56 Å². The highest BCUT2D eigenvalue weighted by molar-refractivity contribution is 7.17. The first kappa shape index (κ1) is 13.1. The molecule has 0 atom stereocenters. The van der Waals surface area contributed by atoms with Gasteiger partial charge in [-0.05, 0) is 11.4 Å². The van der Waals surface area contributed by atoms with Gasteiger partial charge in [0.05, 0.1) is 11.8 Å². The molecule has 0 N–H and O–H groups in total. The van der Waals surface area contributed by atoms with Crippen molar-refractivity contribution in [2.75, 3.05) is 0 Å². The number of aryl methyl sites for hydroxylation is 2. The number of rotatable bonds is 4. The summed E-state index contributed by atoms with van der Waals surface area (Å²) in [5, 5.41) is 1.90. The smallest absolute Gasteiger partial charge is 0.271 e. The summed E-state index contributed by atoms with van der Waals surface area (Å²) < 4.78 is 4.49. The van der Waals surface area contributed by atoms with Crippen molar-refractivity contribution >= 4 is 21.6 Å². The second-order valence-electron chi connectivity index (χ2n) is 5.01. The molecule has 0 saturated carbocycles. The van der Waals surface area contributed by atoms with Gasteiger partial charge in [0.15, 0.2) is 0 Å².